The Labute approximate surface area is 140 Å². The number of carbonyl (C=O) groups is 2. The lowest BCUT2D eigenvalue weighted by molar-refractivity contribution is -0.904. The number of hydrogen-bond acceptors (Lipinski definition) is 2. The van der Waals surface area contributed by atoms with E-state index in [9.17, 15) is 18.4 Å². The average molecular weight is 340 g/mol. The van der Waals surface area contributed by atoms with Gasteiger partial charge >= 0.3 is 0 Å². The van der Waals surface area contributed by atoms with Gasteiger partial charge in [0.25, 0.3) is 5.91 Å². The largest absolute Gasteiger partial charge is 0.342 e. The summed E-state index contributed by atoms with van der Waals surface area (Å²) in [5.74, 6) is -1.50. The summed E-state index contributed by atoms with van der Waals surface area (Å²) in [6.45, 7) is 6.42. The van der Waals surface area contributed by atoms with Gasteiger partial charge in [0.2, 0.25) is 5.91 Å². The van der Waals surface area contributed by atoms with Crippen molar-refractivity contribution < 1.29 is 23.3 Å². The summed E-state index contributed by atoms with van der Waals surface area (Å²) in [6, 6.07) is 3.10. The van der Waals surface area contributed by atoms with E-state index < -0.39 is 17.5 Å². The fourth-order valence-electron chi connectivity index (χ4n) is 3.31. The van der Waals surface area contributed by atoms with Crippen molar-refractivity contribution in [2.24, 2.45) is 11.8 Å². The van der Waals surface area contributed by atoms with Crippen LogP contribution in [0.5, 0.6) is 0 Å². The van der Waals surface area contributed by atoms with Gasteiger partial charge in [-0.25, -0.2) is 8.78 Å². The SMILES string of the molecule is C[C@@H]1C[C@H](C)C[NH+](CC(=O)NCC(=O)Nc2ccc(F)c(F)c2)C1. The third-order valence-corrected chi connectivity index (χ3v) is 4.14. The van der Waals surface area contributed by atoms with Crippen LogP contribution in [0.15, 0.2) is 18.2 Å². The molecule has 0 bridgehead atoms. The number of rotatable bonds is 5. The van der Waals surface area contributed by atoms with Crippen molar-refractivity contribution in [3.63, 3.8) is 0 Å². The van der Waals surface area contributed by atoms with Crippen LogP contribution in [0, 0.1) is 23.5 Å². The van der Waals surface area contributed by atoms with Gasteiger partial charge in [-0.2, -0.15) is 0 Å². The van der Waals surface area contributed by atoms with Crippen molar-refractivity contribution in [2.75, 3.05) is 31.5 Å². The smallest absolute Gasteiger partial charge is 0.275 e. The van der Waals surface area contributed by atoms with Crippen LogP contribution < -0.4 is 15.5 Å². The minimum Gasteiger partial charge on any atom is -0.342 e. The van der Waals surface area contributed by atoms with E-state index in [1.165, 1.54) is 17.4 Å². The number of likely N-dealkylation sites (tertiary alicyclic amines) is 1. The molecule has 0 aromatic heterocycles. The van der Waals surface area contributed by atoms with Gasteiger partial charge in [0, 0.05) is 23.6 Å². The summed E-state index contributed by atoms with van der Waals surface area (Å²) < 4.78 is 25.9. The Kier molecular flexibility index (Phi) is 6.25. The molecule has 1 fully saturated rings. The number of anilines is 1. The normalized spacial score (nSPS) is 23.6. The van der Waals surface area contributed by atoms with Crippen LogP contribution in [0.25, 0.3) is 0 Å². The van der Waals surface area contributed by atoms with E-state index in [0.29, 0.717) is 18.4 Å². The molecule has 0 aliphatic carbocycles. The number of quaternary nitrogens is 1. The van der Waals surface area contributed by atoms with Crippen LogP contribution >= 0.6 is 0 Å². The van der Waals surface area contributed by atoms with Gasteiger partial charge < -0.3 is 15.5 Å². The fraction of sp³-hybridized carbons (Fsp3) is 0.529. The molecule has 1 heterocycles. The van der Waals surface area contributed by atoms with Crippen molar-refractivity contribution in [1.29, 1.82) is 0 Å². The van der Waals surface area contributed by atoms with Crippen LogP contribution in [-0.2, 0) is 9.59 Å². The van der Waals surface area contributed by atoms with Gasteiger partial charge in [-0.15, -0.1) is 0 Å². The lowest BCUT2D eigenvalue weighted by atomic mass is 9.92. The van der Waals surface area contributed by atoms with Crippen molar-refractivity contribution in [2.45, 2.75) is 20.3 Å². The van der Waals surface area contributed by atoms with Crippen molar-refractivity contribution >= 4 is 17.5 Å². The van der Waals surface area contributed by atoms with Gasteiger partial charge in [0.1, 0.15) is 0 Å². The summed E-state index contributed by atoms with van der Waals surface area (Å²) in [5.41, 5.74) is 0.150. The highest BCUT2D eigenvalue weighted by molar-refractivity contribution is 5.94. The van der Waals surface area contributed by atoms with Crippen molar-refractivity contribution in [3.8, 4) is 0 Å². The van der Waals surface area contributed by atoms with Crippen LogP contribution in [-0.4, -0.2) is 38.0 Å². The lowest BCUT2D eigenvalue weighted by Crippen LogP contribution is -3.15. The van der Waals surface area contributed by atoms with Crippen LogP contribution in [0.2, 0.25) is 0 Å². The van der Waals surface area contributed by atoms with Gasteiger partial charge in [-0.1, -0.05) is 13.8 Å². The summed E-state index contributed by atoms with van der Waals surface area (Å²) in [7, 11) is 0. The first-order valence-corrected chi connectivity index (χ1v) is 8.18. The molecule has 1 aromatic carbocycles. The van der Waals surface area contributed by atoms with E-state index in [4.69, 9.17) is 0 Å². The van der Waals surface area contributed by atoms with Crippen molar-refractivity contribution in [3.05, 3.63) is 29.8 Å². The highest BCUT2D eigenvalue weighted by atomic mass is 19.2. The van der Waals surface area contributed by atoms with E-state index in [0.717, 1.165) is 25.2 Å². The Bertz CT molecular complexity index is 599. The third-order valence-electron chi connectivity index (χ3n) is 4.14. The van der Waals surface area contributed by atoms with E-state index in [-0.39, 0.29) is 18.1 Å². The Hall–Kier alpha value is -2.02. The fourth-order valence-corrected chi connectivity index (χ4v) is 3.31. The molecule has 3 atom stereocenters. The summed E-state index contributed by atoms with van der Waals surface area (Å²) >= 11 is 0. The van der Waals surface area contributed by atoms with Gasteiger partial charge in [-0.3, -0.25) is 9.59 Å². The van der Waals surface area contributed by atoms with E-state index in [1.807, 2.05) is 0 Å². The van der Waals surface area contributed by atoms with Gasteiger partial charge in [-0.05, 0) is 18.6 Å². The van der Waals surface area contributed by atoms with E-state index >= 15 is 0 Å². The molecule has 132 valence electrons. The van der Waals surface area contributed by atoms with Crippen LogP contribution in [0.3, 0.4) is 0 Å². The number of hydrogen-bond donors (Lipinski definition) is 3. The maximum atomic E-state index is 13.1. The molecule has 0 spiro atoms. The van der Waals surface area contributed by atoms with E-state index in [1.54, 1.807) is 0 Å². The molecule has 7 heteroatoms. The Morgan fingerprint density at radius 1 is 1.12 bits per heavy atom. The second-order valence-electron chi connectivity index (χ2n) is 6.73. The first kappa shape index (κ1) is 18.3. The minimum atomic E-state index is -1.03. The van der Waals surface area contributed by atoms with E-state index in [2.05, 4.69) is 24.5 Å². The molecular formula is C17H24F2N3O2+. The standard InChI is InChI=1S/C17H23F2N3O2/c1-11-5-12(2)9-22(8-11)10-17(24)20-7-16(23)21-13-3-4-14(18)15(19)6-13/h3-4,6,11-12H,5,7-10H2,1-2H3,(H,20,24)(H,21,23)/p+1/t11-,12+. The number of piperidine rings is 1. The zero-order valence-corrected chi connectivity index (χ0v) is 14.0. The zero-order valence-electron chi connectivity index (χ0n) is 14.0. The quantitative estimate of drug-likeness (QED) is 0.734. The second kappa shape index (κ2) is 8.19. The molecule has 1 saturated heterocycles. The molecule has 1 aliphatic rings. The Morgan fingerprint density at radius 3 is 2.42 bits per heavy atom. The zero-order chi connectivity index (χ0) is 17.7. The maximum Gasteiger partial charge on any atom is 0.275 e. The molecular weight excluding hydrogens is 316 g/mol. The molecule has 1 unspecified atom stereocenters. The summed E-state index contributed by atoms with van der Waals surface area (Å²) in [4.78, 5) is 24.9. The third kappa shape index (κ3) is 5.56. The molecule has 2 amide bonds. The molecule has 1 aliphatic heterocycles. The first-order valence-electron chi connectivity index (χ1n) is 8.18. The Balaban J connectivity index is 1.74. The molecule has 0 saturated carbocycles. The lowest BCUT2D eigenvalue weighted by Gasteiger charge is -2.31. The topological polar surface area (TPSA) is 62.6 Å². The number of nitrogens with one attached hydrogen (secondary N) is 3. The molecule has 24 heavy (non-hydrogen) atoms. The molecule has 5 nitrogen and oxygen atoms in total. The number of halogens is 2. The average Bonchev–Trinajstić information content (AvgIpc) is 2.48. The predicted octanol–water partition coefficient (Wildman–Crippen LogP) is 0.580. The van der Waals surface area contributed by atoms with Crippen LogP contribution in [0.4, 0.5) is 14.5 Å². The molecule has 2 rings (SSSR count). The van der Waals surface area contributed by atoms with Crippen LogP contribution in [0.1, 0.15) is 20.3 Å². The summed E-state index contributed by atoms with van der Waals surface area (Å²) in [6.07, 6.45) is 1.18. The summed E-state index contributed by atoms with van der Waals surface area (Å²) in [5, 5.41) is 4.98. The minimum absolute atomic E-state index is 0.150. The Morgan fingerprint density at radius 2 is 1.79 bits per heavy atom. The van der Waals surface area contributed by atoms with Gasteiger partial charge in [0.15, 0.2) is 18.2 Å². The molecule has 1 aromatic rings. The number of benzene rings is 1. The number of amides is 2. The monoisotopic (exact) mass is 340 g/mol. The molecule has 3 N–H and O–H groups in total. The van der Waals surface area contributed by atoms with Gasteiger partial charge in [0.05, 0.1) is 19.6 Å². The molecule has 0 radical (unpaired) electrons. The second-order valence-corrected chi connectivity index (χ2v) is 6.73. The maximum absolute atomic E-state index is 13.1. The highest BCUT2D eigenvalue weighted by Gasteiger charge is 2.26. The highest BCUT2D eigenvalue weighted by Crippen LogP contribution is 2.13. The predicted molar refractivity (Wildman–Crippen MR) is 86.5 cm³/mol. The van der Waals surface area contributed by atoms with Crippen molar-refractivity contribution in [1.82, 2.24) is 5.32 Å². The number of carbonyl (C=O) groups excluding carboxylic acids is 2. The first-order chi connectivity index (χ1) is 11.3.